The Bertz CT molecular complexity index is 2310. The van der Waals surface area contributed by atoms with Crippen LogP contribution in [-0.4, -0.2) is 93.1 Å². The molecule has 2 saturated carbocycles. The van der Waals surface area contributed by atoms with Crippen LogP contribution in [0.2, 0.25) is 0 Å². The first-order valence-electron chi connectivity index (χ1n) is 19.8. The van der Waals surface area contributed by atoms with Gasteiger partial charge in [-0.1, -0.05) is 24.3 Å². The largest absolute Gasteiger partial charge is 0.456 e. The van der Waals surface area contributed by atoms with Gasteiger partial charge in [0.1, 0.15) is 35.1 Å². The van der Waals surface area contributed by atoms with Crippen molar-refractivity contribution >= 4 is 35.0 Å². The molecule has 3 aromatic heterocycles. The fraction of sp³-hybridized carbons (Fsp3) is 0.429. The van der Waals surface area contributed by atoms with Gasteiger partial charge in [0, 0.05) is 29.6 Å². The normalized spacial score (nSPS) is 20.4. The fourth-order valence-corrected chi connectivity index (χ4v) is 8.45. The number of hydrogen-bond acceptors (Lipinski definition) is 9. The van der Waals surface area contributed by atoms with E-state index in [2.05, 4.69) is 31.7 Å². The molecule has 2 saturated heterocycles. The summed E-state index contributed by atoms with van der Waals surface area (Å²) in [4.78, 5) is 71.2. The number of furan rings is 1. The van der Waals surface area contributed by atoms with Crippen LogP contribution in [-0.2, 0) is 19.1 Å². The highest BCUT2D eigenvalue weighted by atomic mass is 16.5. The highest BCUT2D eigenvalue weighted by molar-refractivity contribution is 5.89. The number of amides is 4. The molecule has 15 heteroatoms. The van der Waals surface area contributed by atoms with Crippen molar-refractivity contribution in [2.45, 2.75) is 75.5 Å². The summed E-state index contributed by atoms with van der Waals surface area (Å²) >= 11 is 0. The van der Waals surface area contributed by atoms with Crippen molar-refractivity contribution in [3.05, 3.63) is 72.6 Å². The zero-order chi connectivity index (χ0) is 39.2. The van der Waals surface area contributed by atoms with Crippen LogP contribution < -0.4 is 10.6 Å². The minimum atomic E-state index is -0.590. The monoisotopic (exact) mass is 774 g/mol. The number of imidazole rings is 2. The predicted molar refractivity (Wildman–Crippen MR) is 208 cm³/mol. The summed E-state index contributed by atoms with van der Waals surface area (Å²) in [6.45, 7) is 1.23. The number of fused-ring (bicyclic) bond motifs is 1. The van der Waals surface area contributed by atoms with Crippen LogP contribution in [0.25, 0.3) is 44.8 Å². The molecule has 2 aliphatic heterocycles. The molecule has 4 atom stereocenters. The SMILES string of the molecule is COC(=O)N[C@H](C(=O)N1CCC[C@H]1c1ncc(-c2ccc3oc(-c4ccc(-c5cnc([C@@H]6CCCN6C(=O)[C@H](NC(=O)OC)C6CC6)[nH]5)cc4)cc3c2)[nH]1)C1CC1. The van der Waals surface area contributed by atoms with Gasteiger partial charge in [-0.2, -0.15) is 0 Å². The number of benzene rings is 2. The summed E-state index contributed by atoms with van der Waals surface area (Å²) in [6.07, 6.45) is 9.36. The number of carbonyl (C=O) groups excluding carboxylic acids is 4. The van der Waals surface area contributed by atoms with Crippen molar-refractivity contribution in [2.24, 2.45) is 11.8 Å². The van der Waals surface area contributed by atoms with Gasteiger partial charge in [0.2, 0.25) is 11.8 Å². The van der Waals surface area contributed by atoms with E-state index in [-0.39, 0.29) is 35.7 Å². The van der Waals surface area contributed by atoms with Crippen molar-refractivity contribution in [3.8, 4) is 33.8 Å². The van der Waals surface area contributed by atoms with Crippen molar-refractivity contribution in [1.29, 1.82) is 0 Å². The van der Waals surface area contributed by atoms with Gasteiger partial charge in [-0.3, -0.25) is 9.59 Å². The van der Waals surface area contributed by atoms with Gasteiger partial charge in [0.25, 0.3) is 0 Å². The van der Waals surface area contributed by atoms with Gasteiger partial charge in [-0.05, 0) is 93.0 Å². The molecule has 0 bridgehead atoms. The Balaban J connectivity index is 0.873. The minimum absolute atomic E-state index is 0.0850. The van der Waals surface area contributed by atoms with E-state index in [9.17, 15) is 19.2 Å². The third kappa shape index (κ3) is 7.33. The summed E-state index contributed by atoms with van der Waals surface area (Å²) in [5, 5.41) is 6.46. The average molecular weight is 775 g/mol. The number of methoxy groups -OCH3 is 2. The topological polar surface area (TPSA) is 188 Å². The molecule has 4 aliphatic rings. The van der Waals surface area contributed by atoms with E-state index in [0.717, 1.165) is 108 Å². The standard InChI is InChI=1S/C42H46N8O7/c1-55-41(53)47-35(25-11-12-25)39(51)49-17-3-5-31(49)37-43-21-29(45-37)23-7-9-24(10-8-23)34-20-28-19-27(15-16-33(28)57-34)30-22-44-38(46-30)32-6-4-18-50(32)40(52)36(26-13-14-26)48-42(54)56-2/h7-10,15-16,19-22,25-26,31-32,35-36H,3-6,11-14,17-18H2,1-2H3,(H,43,45)(H,44,46)(H,47,53)(H,48,54)/t31-,32-,35+,36-/m0/s1. The van der Waals surface area contributed by atoms with Crippen molar-refractivity contribution < 1.29 is 33.1 Å². The molecule has 57 heavy (non-hydrogen) atoms. The van der Waals surface area contributed by atoms with Gasteiger partial charge in [0.05, 0.1) is 50.1 Å². The second-order valence-electron chi connectivity index (χ2n) is 15.6. The molecule has 0 radical (unpaired) electrons. The van der Waals surface area contributed by atoms with Crippen LogP contribution in [0.15, 0.2) is 65.3 Å². The molecule has 15 nitrogen and oxygen atoms in total. The van der Waals surface area contributed by atoms with E-state index in [0.29, 0.717) is 13.1 Å². The highest BCUT2D eigenvalue weighted by Gasteiger charge is 2.44. The van der Waals surface area contributed by atoms with Gasteiger partial charge in [0.15, 0.2) is 0 Å². The lowest BCUT2D eigenvalue weighted by molar-refractivity contribution is -0.135. The molecule has 9 rings (SSSR count). The summed E-state index contributed by atoms with van der Waals surface area (Å²) in [5.74, 6) is 2.30. The molecule has 0 spiro atoms. The number of carbonyl (C=O) groups is 4. The van der Waals surface area contributed by atoms with Crippen LogP contribution in [0.4, 0.5) is 9.59 Å². The molecule has 5 aromatic rings. The van der Waals surface area contributed by atoms with Gasteiger partial charge >= 0.3 is 12.2 Å². The number of nitrogens with zero attached hydrogens (tertiary/aromatic N) is 4. The molecule has 5 heterocycles. The van der Waals surface area contributed by atoms with Gasteiger partial charge < -0.3 is 44.3 Å². The minimum Gasteiger partial charge on any atom is -0.456 e. The molecule has 4 N–H and O–H groups in total. The van der Waals surface area contributed by atoms with E-state index in [1.165, 1.54) is 14.2 Å². The van der Waals surface area contributed by atoms with Gasteiger partial charge in [-0.15, -0.1) is 0 Å². The van der Waals surface area contributed by atoms with Crippen molar-refractivity contribution in [3.63, 3.8) is 0 Å². The average Bonchev–Trinajstić information content (AvgIpc) is 3.82. The number of rotatable bonds is 11. The zero-order valence-electron chi connectivity index (χ0n) is 32.0. The number of alkyl carbamates (subject to hydrolysis) is 2. The van der Waals surface area contributed by atoms with E-state index >= 15 is 0 Å². The first-order chi connectivity index (χ1) is 27.8. The number of nitrogens with one attached hydrogen (secondary N) is 4. The Kier molecular flexibility index (Phi) is 9.66. The van der Waals surface area contributed by atoms with Crippen LogP contribution in [0, 0.1) is 11.8 Å². The lowest BCUT2D eigenvalue weighted by atomic mass is 10.1. The molecule has 4 fully saturated rings. The molecule has 4 amide bonds. The summed E-state index contributed by atoms with van der Waals surface area (Å²) in [7, 11) is 2.61. The maximum Gasteiger partial charge on any atom is 0.407 e. The number of likely N-dealkylation sites (tertiary alicyclic amines) is 2. The van der Waals surface area contributed by atoms with Crippen LogP contribution >= 0.6 is 0 Å². The quantitative estimate of drug-likeness (QED) is 0.117. The second kappa shape index (κ2) is 15.1. The molecular formula is C42H46N8O7. The van der Waals surface area contributed by atoms with E-state index in [4.69, 9.17) is 18.9 Å². The van der Waals surface area contributed by atoms with Crippen LogP contribution in [0.3, 0.4) is 0 Å². The van der Waals surface area contributed by atoms with Crippen LogP contribution in [0.5, 0.6) is 0 Å². The Morgan fingerprint density at radius 1 is 0.684 bits per heavy atom. The van der Waals surface area contributed by atoms with Gasteiger partial charge in [-0.25, -0.2) is 19.6 Å². The Morgan fingerprint density at radius 3 is 1.68 bits per heavy atom. The number of H-pyrrole nitrogens is 2. The van der Waals surface area contributed by atoms with E-state index < -0.39 is 24.3 Å². The Hall–Kier alpha value is -6.12. The first-order valence-corrected chi connectivity index (χ1v) is 19.8. The summed E-state index contributed by atoms with van der Waals surface area (Å²) in [5.41, 5.74) is 5.28. The number of ether oxygens (including phenoxy) is 2. The number of hydrogen-bond donors (Lipinski definition) is 4. The Morgan fingerprint density at radius 2 is 1.18 bits per heavy atom. The number of aromatic amines is 2. The molecule has 296 valence electrons. The maximum atomic E-state index is 13.6. The Labute approximate surface area is 328 Å². The lowest BCUT2D eigenvalue weighted by Gasteiger charge is -2.28. The lowest BCUT2D eigenvalue weighted by Crippen LogP contribution is -2.49. The number of aromatic nitrogens is 4. The first kappa shape index (κ1) is 36.5. The molecule has 2 aliphatic carbocycles. The maximum absolute atomic E-state index is 13.6. The summed E-state index contributed by atoms with van der Waals surface area (Å²) in [6, 6.07) is 14.6. The second-order valence-corrected chi connectivity index (χ2v) is 15.6. The molecule has 0 unspecified atom stereocenters. The van der Waals surface area contributed by atoms with Crippen LogP contribution in [0.1, 0.15) is 75.1 Å². The third-order valence-electron chi connectivity index (χ3n) is 11.8. The molecular weight excluding hydrogens is 729 g/mol. The smallest absolute Gasteiger partial charge is 0.407 e. The predicted octanol–water partition coefficient (Wildman–Crippen LogP) is 6.48. The third-order valence-corrected chi connectivity index (χ3v) is 11.8. The van der Waals surface area contributed by atoms with Crippen molar-refractivity contribution in [1.82, 2.24) is 40.4 Å². The van der Waals surface area contributed by atoms with E-state index in [1.807, 2.05) is 52.3 Å². The fourth-order valence-electron chi connectivity index (χ4n) is 8.45. The summed E-state index contributed by atoms with van der Waals surface area (Å²) < 4.78 is 15.9. The highest BCUT2D eigenvalue weighted by Crippen LogP contribution is 2.40. The van der Waals surface area contributed by atoms with Crippen molar-refractivity contribution in [2.75, 3.05) is 27.3 Å². The zero-order valence-corrected chi connectivity index (χ0v) is 32.0. The van der Waals surface area contributed by atoms with E-state index in [1.54, 1.807) is 12.4 Å². The molecule has 2 aromatic carbocycles.